The molecule has 0 bridgehead atoms. The minimum Gasteiger partial charge on any atom is -0.382 e. The third-order valence-electron chi connectivity index (χ3n) is 3.10. The monoisotopic (exact) mass is 273 g/mol. The van der Waals surface area contributed by atoms with E-state index in [4.69, 9.17) is 9.47 Å². The Labute approximate surface area is 115 Å². The van der Waals surface area contributed by atoms with Gasteiger partial charge in [-0.25, -0.2) is 0 Å². The Kier molecular flexibility index (Phi) is 8.73. The van der Waals surface area contributed by atoms with Gasteiger partial charge in [0.2, 0.25) is 5.91 Å². The molecule has 6 heteroatoms. The lowest BCUT2D eigenvalue weighted by Crippen LogP contribution is -2.58. The van der Waals surface area contributed by atoms with E-state index in [-0.39, 0.29) is 11.9 Å². The van der Waals surface area contributed by atoms with Crippen LogP contribution < -0.4 is 16.0 Å². The van der Waals surface area contributed by atoms with E-state index in [0.717, 1.165) is 26.0 Å². The SMILES string of the molecule is COCCOCCCCNC(=O)C1CNC(C)CN1. The molecule has 112 valence electrons. The van der Waals surface area contributed by atoms with Gasteiger partial charge in [0.15, 0.2) is 0 Å². The van der Waals surface area contributed by atoms with Gasteiger partial charge in [0, 0.05) is 39.4 Å². The number of amides is 1. The molecule has 0 saturated carbocycles. The Morgan fingerprint density at radius 3 is 2.74 bits per heavy atom. The van der Waals surface area contributed by atoms with Crippen LogP contribution in [0.2, 0.25) is 0 Å². The molecule has 1 amide bonds. The molecule has 1 aliphatic rings. The smallest absolute Gasteiger partial charge is 0.238 e. The Balaban J connectivity index is 1.93. The van der Waals surface area contributed by atoms with Crippen molar-refractivity contribution in [3.8, 4) is 0 Å². The number of hydrogen-bond donors (Lipinski definition) is 3. The van der Waals surface area contributed by atoms with E-state index in [1.165, 1.54) is 0 Å². The fraction of sp³-hybridized carbons (Fsp3) is 0.923. The van der Waals surface area contributed by atoms with Gasteiger partial charge >= 0.3 is 0 Å². The third kappa shape index (κ3) is 7.47. The summed E-state index contributed by atoms with van der Waals surface area (Å²) in [7, 11) is 1.66. The van der Waals surface area contributed by atoms with Crippen LogP contribution in [0.4, 0.5) is 0 Å². The highest BCUT2D eigenvalue weighted by Crippen LogP contribution is 1.94. The van der Waals surface area contributed by atoms with Gasteiger partial charge in [-0.05, 0) is 19.8 Å². The van der Waals surface area contributed by atoms with Gasteiger partial charge in [-0.1, -0.05) is 0 Å². The Hall–Kier alpha value is -0.690. The molecule has 19 heavy (non-hydrogen) atoms. The summed E-state index contributed by atoms with van der Waals surface area (Å²) in [6, 6.07) is 0.336. The fourth-order valence-electron chi connectivity index (χ4n) is 1.88. The van der Waals surface area contributed by atoms with Crippen molar-refractivity contribution in [1.82, 2.24) is 16.0 Å². The largest absolute Gasteiger partial charge is 0.382 e. The van der Waals surface area contributed by atoms with E-state index in [2.05, 4.69) is 22.9 Å². The van der Waals surface area contributed by atoms with Crippen LogP contribution in [0.5, 0.6) is 0 Å². The maximum Gasteiger partial charge on any atom is 0.238 e. The van der Waals surface area contributed by atoms with Crippen molar-refractivity contribution in [2.24, 2.45) is 0 Å². The van der Waals surface area contributed by atoms with Gasteiger partial charge in [0.1, 0.15) is 0 Å². The number of piperazine rings is 1. The van der Waals surface area contributed by atoms with E-state index < -0.39 is 0 Å². The first-order chi connectivity index (χ1) is 9.24. The van der Waals surface area contributed by atoms with Crippen LogP contribution in [-0.4, -0.2) is 64.6 Å². The van der Waals surface area contributed by atoms with E-state index in [0.29, 0.717) is 32.3 Å². The first-order valence-electron chi connectivity index (χ1n) is 7.05. The van der Waals surface area contributed by atoms with Gasteiger partial charge in [-0.2, -0.15) is 0 Å². The predicted octanol–water partition coefficient (Wildman–Crippen LogP) is -0.504. The molecule has 1 fully saturated rings. The number of unbranched alkanes of at least 4 members (excludes halogenated alkanes) is 1. The van der Waals surface area contributed by atoms with E-state index in [1.54, 1.807) is 7.11 Å². The van der Waals surface area contributed by atoms with Crippen molar-refractivity contribution < 1.29 is 14.3 Å². The maximum atomic E-state index is 11.8. The predicted molar refractivity (Wildman–Crippen MR) is 74.2 cm³/mol. The summed E-state index contributed by atoms with van der Waals surface area (Å²) in [5.41, 5.74) is 0. The van der Waals surface area contributed by atoms with Gasteiger partial charge in [-0.3, -0.25) is 4.79 Å². The molecule has 2 atom stereocenters. The van der Waals surface area contributed by atoms with Crippen LogP contribution in [-0.2, 0) is 14.3 Å². The number of ether oxygens (including phenoxy) is 2. The van der Waals surface area contributed by atoms with Crippen LogP contribution >= 0.6 is 0 Å². The minimum absolute atomic E-state index is 0.0831. The average molecular weight is 273 g/mol. The first-order valence-corrected chi connectivity index (χ1v) is 7.05. The van der Waals surface area contributed by atoms with Crippen LogP contribution in [0.25, 0.3) is 0 Å². The Morgan fingerprint density at radius 1 is 1.21 bits per heavy atom. The van der Waals surface area contributed by atoms with E-state index in [1.807, 2.05) is 0 Å². The lowest BCUT2D eigenvalue weighted by molar-refractivity contribution is -0.123. The summed E-state index contributed by atoms with van der Waals surface area (Å²) in [5, 5.41) is 9.47. The lowest BCUT2D eigenvalue weighted by atomic mass is 10.1. The highest BCUT2D eigenvalue weighted by Gasteiger charge is 2.22. The Bertz CT molecular complexity index is 243. The van der Waals surface area contributed by atoms with E-state index >= 15 is 0 Å². The van der Waals surface area contributed by atoms with Crippen LogP contribution in [0, 0.1) is 0 Å². The second-order valence-electron chi connectivity index (χ2n) is 4.87. The molecule has 0 radical (unpaired) electrons. The standard InChI is InChI=1S/C13H27N3O3/c1-11-9-16-12(10-15-11)13(17)14-5-3-4-6-19-8-7-18-2/h11-12,15-16H,3-10H2,1-2H3,(H,14,17). The first kappa shape index (κ1) is 16.4. The van der Waals surface area contributed by atoms with Gasteiger partial charge < -0.3 is 25.4 Å². The van der Waals surface area contributed by atoms with Crippen LogP contribution in [0.3, 0.4) is 0 Å². The van der Waals surface area contributed by atoms with Crippen LogP contribution in [0.1, 0.15) is 19.8 Å². The Morgan fingerprint density at radius 2 is 2.05 bits per heavy atom. The molecule has 0 aromatic rings. The number of carbonyl (C=O) groups is 1. The average Bonchev–Trinajstić information content (AvgIpc) is 2.42. The molecular weight excluding hydrogens is 246 g/mol. The topological polar surface area (TPSA) is 71.6 Å². The number of carbonyl (C=O) groups excluding carboxylic acids is 1. The highest BCUT2D eigenvalue weighted by atomic mass is 16.5. The summed E-state index contributed by atoms with van der Waals surface area (Å²) in [4.78, 5) is 11.8. The quantitative estimate of drug-likeness (QED) is 0.494. The fourth-order valence-corrected chi connectivity index (χ4v) is 1.88. The number of hydrogen-bond acceptors (Lipinski definition) is 5. The van der Waals surface area contributed by atoms with Gasteiger partial charge in [-0.15, -0.1) is 0 Å². The molecule has 1 saturated heterocycles. The molecule has 0 aromatic carbocycles. The molecule has 0 aromatic heterocycles. The zero-order chi connectivity index (χ0) is 13.9. The number of nitrogens with one attached hydrogen (secondary N) is 3. The van der Waals surface area contributed by atoms with Crippen LogP contribution in [0.15, 0.2) is 0 Å². The van der Waals surface area contributed by atoms with Gasteiger partial charge in [0.25, 0.3) is 0 Å². The summed E-state index contributed by atoms with van der Waals surface area (Å²) < 4.78 is 10.2. The molecular formula is C13H27N3O3. The van der Waals surface area contributed by atoms with Crippen molar-refractivity contribution in [3.63, 3.8) is 0 Å². The van der Waals surface area contributed by atoms with Crippen molar-refractivity contribution in [2.75, 3.05) is 46.6 Å². The van der Waals surface area contributed by atoms with E-state index in [9.17, 15) is 4.79 Å². The minimum atomic E-state index is -0.103. The van der Waals surface area contributed by atoms with Crippen molar-refractivity contribution in [1.29, 1.82) is 0 Å². The summed E-state index contributed by atoms with van der Waals surface area (Å²) in [5.74, 6) is 0.0831. The van der Waals surface area contributed by atoms with Crippen molar-refractivity contribution >= 4 is 5.91 Å². The van der Waals surface area contributed by atoms with Crippen molar-refractivity contribution in [3.05, 3.63) is 0 Å². The molecule has 1 rings (SSSR count). The zero-order valence-electron chi connectivity index (χ0n) is 12.0. The third-order valence-corrected chi connectivity index (χ3v) is 3.10. The molecule has 2 unspecified atom stereocenters. The molecule has 3 N–H and O–H groups in total. The summed E-state index contributed by atoms with van der Waals surface area (Å²) in [6.07, 6.45) is 1.90. The normalized spacial score (nSPS) is 23.3. The second-order valence-corrected chi connectivity index (χ2v) is 4.87. The molecule has 0 spiro atoms. The summed E-state index contributed by atoms with van der Waals surface area (Å²) >= 11 is 0. The molecule has 1 aliphatic heterocycles. The maximum absolute atomic E-state index is 11.8. The number of rotatable bonds is 9. The second kappa shape index (κ2) is 10.1. The van der Waals surface area contributed by atoms with Gasteiger partial charge in [0.05, 0.1) is 19.3 Å². The lowest BCUT2D eigenvalue weighted by Gasteiger charge is -2.28. The number of methoxy groups -OCH3 is 1. The molecule has 6 nitrogen and oxygen atoms in total. The highest BCUT2D eigenvalue weighted by molar-refractivity contribution is 5.82. The van der Waals surface area contributed by atoms with Crippen molar-refractivity contribution in [2.45, 2.75) is 31.8 Å². The zero-order valence-corrected chi connectivity index (χ0v) is 12.0. The summed E-state index contributed by atoms with van der Waals surface area (Å²) in [6.45, 7) is 6.34. The molecule has 1 heterocycles. The molecule has 0 aliphatic carbocycles.